The van der Waals surface area contributed by atoms with Crippen molar-refractivity contribution in [3.8, 4) is 0 Å². The third kappa shape index (κ3) is 4.56. The van der Waals surface area contributed by atoms with E-state index in [0.29, 0.717) is 0 Å². The molecule has 0 bridgehead atoms. The van der Waals surface area contributed by atoms with Crippen molar-refractivity contribution >= 4 is 6.09 Å². The summed E-state index contributed by atoms with van der Waals surface area (Å²) in [6.07, 6.45) is 3.89. The highest BCUT2D eigenvalue weighted by Crippen LogP contribution is 2.46. The predicted molar refractivity (Wildman–Crippen MR) is 113 cm³/mol. The maximum atomic E-state index is 13.5. The van der Waals surface area contributed by atoms with Crippen LogP contribution in [-0.4, -0.2) is 55.9 Å². The molecule has 0 spiro atoms. The molecule has 1 amide bonds. The zero-order chi connectivity index (χ0) is 22.2. The van der Waals surface area contributed by atoms with Gasteiger partial charge in [0.05, 0.1) is 12.1 Å². The number of benzene rings is 1. The molecular weight excluding hydrogens is 399 g/mol. The Labute approximate surface area is 181 Å². The summed E-state index contributed by atoms with van der Waals surface area (Å²) in [6.45, 7) is 7.40. The van der Waals surface area contributed by atoms with Crippen LogP contribution in [0.15, 0.2) is 30.6 Å². The molecule has 1 aliphatic carbocycles. The van der Waals surface area contributed by atoms with Crippen molar-refractivity contribution in [2.24, 2.45) is 11.1 Å². The average Bonchev–Trinajstić information content (AvgIpc) is 3.37. The van der Waals surface area contributed by atoms with Gasteiger partial charge in [-0.05, 0) is 66.5 Å². The van der Waals surface area contributed by atoms with Crippen molar-refractivity contribution in [1.82, 2.24) is 25.1 Å². The van der Waals surface area contributed by atoms with Crippen LogP contribution >= 0.6 is 0 Å². The molecule has 1 aromatic carbocycles. The van der Waals surface area contributed by atoms with Crippen molar-refractivity contribution in [3.05, 3.63) is 42.0 Å². The van der Waals surface area contributed by atoms with E-state index >= 15 is 0 Å². The minimum Gasteiger partial charge on any atom is -0.445 e. The lowest BCUT2D eigenvalue weighted by molar-refractivity contribution is -0.0708. The molecular formula is C22H31FN6O2. The van der Waals surface area contributed by atoms with Crippen molar-refractivity contribution in [2.45, 2.75) is 76.6 Å². The van der Waals surface area contributed by atoms with Crippen molar-refractivity contribution in [2.75, 3.05) is 6.54 Å². The number of nitrogens with two attached hydrogens (primary N) is 1. The number of tetrazole rings is 1. The molecule has 31 heavy (non-hydrogen) atoms. The Hall–Kier alpha value is -2.55. The van der Waals surface area contributed by atoms with E-state index in [0.717, 1.165) is 37.8 Å². The number of primary amides is 1. The summed E-state index contributed by atoms with van der Waals surface area (Å²) in [4.78, 5) is 15.8. The summed E-state index contributed by atoms with van der Waals surface area (Å²) in [7, 11) is 0. The number of likely N-dealkylation sites (tertiary alicyclic amines) is 1. The Morgan fingerprint density at radius 3 is 2.52 bits per heavy atom. The highest BCUT2D eigenvalue weighted by Gasteiger charge is 2.49. The molecule has 168 valence electrons. The third-order valence-corrected chi connectivity index (χ3v) is 6.69. The lowest BCUT2D eigenvalue weighted by Gasteiger charge is -2.50. The van der Waals surface area contributed by atoms with Crippen molar-refractivity contribution < 1.29 is 13.9 Å². The van der Waals surface area contributed by atoms with Gasteiger partial charge in [0.15, 0.2) is 6.33 Å². The molecule has 4 rings (SSSR count). The van der Waals surface area contributed by atoms with E-state index in [-0.39, 0.29) is 41.4 Å². The van der Waals surface area contributed by atoms with Crippen LogP contribution in [0.25, 0.3) is 0 Å². The van der Waals surface area contributed by atoms with Gasteiger partial charge in [-0.25, -0.2) is 9.18 Å². The molecule has 1 aliphatic heterocycles. The first-order chi connectivity index (χ1) is 14.7. The number of nitrogens with zero attached hydrogens (tertiary/aromatic N) is 5. The Balaban J connectivity index is 1.67. The Bertz CT molecular complexity index is 882. The fourth-order valence-electron chi connectivity index (χ4n) is 5.62. The summed E-state index contributed by atoms with van der Waals surface area (Å²) < 4.78 is 19.1. The first-order valence-electron chi connectivity index (χ1n) is 10.9. The van der Waals surface area contributed by atoms with Gasteiger partial charge in [-0.1, -0.05) is 32.9 Å². The van der Waals surface area contributed by atoms with E-state index in [2.05, 4.69) is 41.1 Å². The van der Waals surface area contributed by atoms with Crippen LogP contribution in [-0.2, 0) is 4.74 Å². The first-order valence-corrected chi connectivity index (χ1v) is 10.9. The van der Waals surface area contributed by atoms with E-state index in [1.54, 1.807) is 4.80 Å². The van der Waals surface area contributed by atoms with E-state index in [9.17, 15) is 9.18 Å². The van der Waals surface area contributed by atoms with Crippen LogP contribution in [0.3, 0.4) is 0 Å². The highest BCUT2D eigenvalue weighted by atomic mass is 19.1. The second kappa shape index (κ2) is 8.53. The van der Waals surface area contributed by atoms with Gasteiger partial charge in [-0.15, -0.1) is 10.2 Å². The van der Waals surface area contributed by atoms with E-state index in [4.69, 9.17) is 10.5 Å². The second-order valence-corrected chi connectivity index (χ2v) is 9.78. The highest BCUT2D eigenvalue weighted by molar-refractivity contribution is 5.64. The molecule has 0 radical (unpaired) electrons. The molecule has 2 aromatic rings. The first kappa shape index (κ1) is 21.7. The summed E-state index contributed by atoms with van der Waals surface area (Å²) in [6, 6.07) is 6.93. The van der Waals surface area contributed by atoms with E-state index in [1.165, 1.54) is 18.5 Å². The normalized spacial score (nSPS) is 29.7. The van der Waals surface area contributed by atoms with Crippen LogP contribution in [0.5, 0.6) is 0 Å². The fraction of sp³-hybridized carbons (Fsp3) is 0.636. The number of piperidine rings is 1. The van der Waals surface area contributed by atoms with Gasteiger partial charge in [0.25, 0.3) is 0 Å². The maximum Gasteiger partial charge on any atom is 0.404 e. The smallest absolute Gasteiger partial charge is 0.404 e. The van der Waals surface area contributed by atoms with Gasteiger partial charge in [0, 0.05) is 6.04 Å². The molecule has 4 unspecified atom stereocenters. The molecule has 2 N–H and O–H groups in total. The zero-order valence-electron chi connectivity index (χ0n) is 18.3. The van der Waals surface area contributed by atoms with E-state index in [1.807, 2.05) is 12.1 Å². The number of amides is 1. The molecule has 1 aromatic heterocycles. The lowest BCUT2D eigenvalue weighted by atomic mass is 9.77. The summed E-state index contributed by atoms with van der Waals surface area (Å²) >= 11 is 0. The Morgan fingerprint density at radius 2 is 1.90 bits per heavy atom. The number of hydrogen-bond donors (Lipinski definition) is 1. The lowest BCUT2D eigenvalue weighted by Crippen LogP contribution is -2.60. The zero-order valence-corrected chi connectivity index (χ0v) is 18.3. The molecule has 5 atom stereocenters. The van der Waals surface area contributed by atoms with Gasteiger partial charge < -0.3 is 10.5 Å². The molecule has 8 nitrogen and oxygen atoms in total. The summed E-state index contributed by atoms with van der Waals surface area (Å²) in [5.41, 5.74) is 6.38. The number of ether oxygens (including phenoxy) is 1. The van der Waals surface area contributed by atoms with Gasteiger partial charge in [0.2, 0.25) is 0 Å². The monoisotopic (exact) mass is 430 g/mol. The largest absolute Gasteiger partial charge is 0.445 e. The minimum atomic E-state index is -0.730. The Kier molecular flexibility index (Phi) is 5.96. The molecule has 2 aliphatic rings. The van der Waals surface area contributed by atoms with Gasteiger partial charge in [0.1, 0.15) is 11.9 Å². The molecule has 2 heterocycles. The number of carbonyl (C=O) groups is 1. The molecule has 1 saturated carbocycles. The number of aromatic nitrogens is 4. The van der Waals surface area contributed by atoms with Crippen LogP contribution in [0.1, 0.15) is 64.0 Å². The second-order valence-electron chi connectivity index (χ2n) is 9.78. The number of rotatable bonds is 4. The Morgan fingerprint density at radius 1 is 1.19 bits per heavy atom. The average molecular weight is 431 g/mol. The van der Waals surface area contributed by atoms with Crippen LogP contribution < -0.4 is 5.73 Å². The molecule has 1 saturated heterocycles. The quantitative estimate of drug-likeness (QED) is 0.799. The minimum absolute atomic E-state index is 0.0109. The van der Waals surface area contributed by atoms with Crippen molar-refractivity contribution in [1.29, 1.82) is 0 Å². The maximum absolute atomic E-state index is 13.5. The fourth-order valence-corrected chi connectivity index (χ4v) is 5.62. The molecule has 9 heteroatoms. The number of carbonyl (C=O) groups excluding carboxylic acids is 1. The van der Waals surface area contributed by atoms with Gasteiger partial charge >= 0.3 is 6.09 Å². The van der Waals surface area contributed by atoms with Gasteiger partial charge in [-0.2, -0.15) is 4.80 Å². The summed E-state index contributed by atoms with van der Waals surface area (Å²) in [5.74, 6) is 0.0164. The van der Waals surface area contributed by atoms with Gasteiger partial charge in [-0.3, -0.25) is 4.90 Å². The third-order valence-electron chi connectivity index (χ3n) is 6.69. The standard InChI is InChI=1S/C22H31FN6O2/c1-22(2,3)20-19(31-21(24)30)5-4-10-28(20)17-11-15(14-6-8-16(23)9-7-14)12-18(17)29-26-13-25-27-29/h6-9,13,15,17-20H,4-5,10-12H2,1-3H3,(H2,24,30)/t15?,17?,18?,19-,20?/m1/s1. The number of hydrogen-bond acceptors (Lipinski definition) is 6. The topological polar surface area (TPSA) is 99.2 Å². The van der Waals surface area contributed by atoms with Crippen LogP contribution in [0.2, 0.25) is 0 Å². The van der Waals surface area contributed by atoms with Crippen LogP contribution in [0.4, 0.5) is 9.18 Å². The predicted octanol–water partition coefficient (Wildman–Crippen LogP) is 3.27. The SMILES string of the molecule is CC(C)(C)C1[C@H](OC(N)=O)CCCN1C1CC(c2ccc(F)cc2)CC1n1ncnn1. The summed E-state index contributed by atoms with van der Waals surface area (Å²) in [5, 5.41) is 12.5. The molecule has 2 fully saturated rings. The van der Waals surface area contributed by atoms with E-state index < -0.39 is 6.09 Å². The van der Waals surface area contributed by atoms with Crippen molar-refractivity contribution in [3.63, 3.8) is 0 Å². The van der Waals surface area contributed by atoms with Crippen LogP contribution in [0, 0.1) is 11.2 Å². The number of halogens is 1.